The lowest BCUT2D eigenvalue weighted by atomic mass is 10.2. The molecule has 0 aliphatic carbocycles. The number of imidazole rings is 1. The number of aryl methyl sites for hydroxylation is 2. The highest BCUT2D eigenvalue weighted by atomic mass is 16.6. The molecule has 0 atom stereocenters. The lowest BCUT2D eigenvalue weighted by Crippen LogP contribution is -2.17. The second-order valence-corrected chi connectivity index (χ2v) is 8.53. The number of anilines is 1. The number of aromatic nitrogens is 3. The molecule has 2 aromatic carbocycles. The Bertz CT molecular complexity index is 1280. The van der Waals surface area contributed by atoms with Crippen LogP contribution in [0, 0.1) is 0 Å². The van der Waals surface area contributed by atoms with Gasteiger partial charge in [0, 0.05) is 24.9 Å². The Hall–Kier alpha value is -3.65. The quantitative estimate of drug-likeness (QED) is 0.233. The zero-order valence-electron chi connectivity index (χ0n) is 20.4. The lowest BCUT2D eigenvalue weighted by Gasteiger charge is -2.12. The number of rotatable bonds is 12. The molecule has 2 aromatic heterocycles. The van der Waals surface area contributed by atoms with Crippen molar-refractivity contribution in [1.82, 2.24) is 19.9 Å². The fourth-order valence-corrected chi connectivity index (χ4v) is 4.17. The minimum atomic E-state index is -0.397. The molecule has 8 heteroatoms. The largest absolute Gasteiger partial charge is 0.482 e. The van der Waals surface area contributed by atoms with Crippen molar-refractivity contribution in [3.63, 3.8) is 0 Å². The second-order valence-electron chi connectivity index (χ2n) is 8.53. The van der Waals surface area contributed by atoms with Crippen LogP contribution in [-0.4, -0.2) is 40.8 Å². The highest BCUT2D eigenvalue weighted by Crippen LogP contribution is 2.29. The fourth-order valence-electron chi connectivity index (χ4n) is 4.17. The molecule has 3 N–H and O–H groups in total. The van der Waals surface area contributed by atoms with E-state index in [2.05, 4.69) is 32.6 Å². The van der Waals surface area contributed by atoms with Crippen LogP contribution in [0.25, 0.3) is 21.9 Å². The molecule has 0 unspecified atom stereocenters. The summed E-state index contributed by atoms with van der Waals surface area (Å²) in [5.74, 6) is 1.82. The first-order valence-corrected chi connectivity index (χ1v) is 12.1. The molecule has 4 aromatic rings. The van der Waals surface area contributed by atoms with E-state index >= 15 is 0 Å². The van der Waals surface area contributed by atoms with E-state index in [9.17, 15) is 4.79 Å². The molecule has 0 aliphatic rings. The predicted molar refractivity (Wildman–Crippen MR) is 138 cm³/mol. The van der Waals surface area contributed by atoms with Crippen LogP contribution in [0.4, 0.5) is 5.82 Å². The van der Waals surface area contributed by atoms with Gasteiger partial charge in [-0.05, 0) is 43.1 Å². The number of methoxy groups -OCH3 is 1. The van der Waals surface area contributed by atoms with E-state index in [-0.39, 0.29) is 6.61 Å². The Kier molecular flexibility index (Phi) is 8.15. The molecule has 8 nitrogen and oxygen atoms in total. The molecule has 4 rings (SSSR count). The number of benzene rings is 2. The van der Waals surface area contributed by atoms with Gasteiger partial charge in [0.05, 0.1) is 18.1 Å². The molecular formula is C27H33N5O3. The van der Waals surface area contributed by atoms with Crippen LogP contribution in [0.1, 0.15) is 37.6 Å². The molecule has 0 fully saturated rings. The number of hydrogen-bond donors (Lipinski definition) is 2. The number of unbranched alkanes of at least 4 members (excludes halogenated alkanes) is 1. The van der Waals surface area contributed by atoms with Gasteiger partial charge in [-0.1, -0.05) is 43.7 Å². The van der Waals surface area contributed by atoms with Crippen LogP contribution < -0.4 is 15.8 Å². The summed E-state index contributed by atoms with van der Waals surface area (Å²) in [6, 6.07) is 15.8. The summed E-state index contributed by atoms with van der Waals surface area (Å²) in [6.45, 7) is 4.58. The number of ether oxygens (including phenoxy) is 2. The molecule has 0 bridgehead atoms. The molecule has 0 radical (unpaired) electrons. The Morgan fingerprint density at radius 1 is 1.09 bits per heavy atom. The number of carbonyl (C=O) groups excluding carboxylic acids is 1. The van der Waals surface area contributed by atoms with E-state index < -0.39 is 5.97 Å². The van der Waals surface area contributed by atoms with Gasteiger partial charge in [-0.25, -0.2) is 14.8 Å². The number of fused-ring (bicyclic) bond motifs is 3. The van der Waals surface area contributed by atoms with E-state index in [0.29, 0.717) is 11.6 Å². The van der Waals surface area contributed by atoms with Gasteiger partial charge in [-0.2, -0.15) is 0 Å². The SMILES string of the molecule is CCCCc1nc2c(N)nc3ccccc3c2n1CCCNCc1ccc(OCC(=O)OC)cc1. The summed E-state index contributed by atoms with van der Waals surface area (Å²) in [6.07, 6.45) is 4.09. The Balaban J connectivity index is 1.39. The Labute approximate surface area is 205 Å². The fraction of sp³-hybridized carbons (Fsp3) is 0.370. The third-order valence-electron chi connectivity index (χ3n) is 6.02. The van der Waals surface area contributed by atoms with Crippen molar-refractivity contribution in [1.29, 1.82) is 0 Å². The maximum Gasteiger partial charge on any atom is 0.343 e. The third-order valence-corrected chi connectivity index (χ3v) is 6.02. The first-order valence-electron chi connectivity index (χ1n) is 12.1. The summed E-state index contributed by atoms with van der Waals surface area (Å²) < 4.78 is 12.3. The average Bonchev–Trinajstić information content (AvgIpc) is 3.25. The van der Waals surface area contributed by atoms with Crippen molar-refractivity contribution in [2.24, 2.45) is 0 Å². The summed E-state index contributed by atoms with van der Waals surface area (Å²) in [5.41, 5.74) is 10.2. The number of nitrogens with one attached hydrogen (secondary N) is 1. The van der Waals surface area contributed by atoms with Crippen molar-refractivity contribution >= 4 is 33.7 Å². The standard InChI is InChI=1S/C27H33N5O3/c1-3-4-10-23-31-25-26(21-8-5-6-9-22(21)30-27(25)28)32(23)16-7-15-29-17-19-11-13-20(14-12-19)35-18-24(33)34-2/h5-6,8-9,11-14,29H,3-4,7,10,15-18H2,1-2H3,(H2,28,30). The van der Waals surface area contributed by atoms with Gasteiger partial charge in [0.2, 0.25) is 0 Å². The van der Waals surface area contributed by atoms with E-state index in [0.717, 1.165) is 78.6 Å². The van der Waals surface area contributed by atoms with Crippen LogP contribution in [0.2, 0.25) is 0 Å². The van der Waals surface area contributed by atoms with Crippen LogP contribution in [-0.2, 0) is 29.0 Å². The minimum absolute atomic E-state index is 0.0890. The zero-order valence-corrected chi connectivity index (χ0v) is 20.4. The summed E-state index contributed by atoms with van der Waals surface area (Å²) in [7, 11) is 1.34. The highest BCUT2D eigenvalue weighted by molar-refractivity contribution is 6.06. The maximum absolute atomic E-state index is 11.2. The molecule has 35 heavy (non-hydrogen) atoms. The number of nitrogens with zero attached hydrogens (tertiary/aromatic N) is 3. The molecule has 184 valence electrons. The van der Waals surface area contributed by atoms with Gasteiger partial charge in [-0.15, -0.1) is 0 Å². The first kappa shape index (κ1) is 24.5. The number of esters is 1. The van der Waals surface area contributed by atoms with E-state index in [1.165, 1.54) is 7.11 Å². The van der Waals surface area contributed by atoms with Crippen molar-refractivity contribution < 1.29 is 14.3 Å². The normalized spacial score (nSPS) is 11.3. The van der Waals surface area contributed by atoms with E-state index in [1.54, 1.807) is 0 Å². The molecular weight excluding hydrogens is 442 g/mol. The van der Waals surface area contributed by atoms with E-state index in [1.807, 2.05) is 42.5 Å². The first-order chi connectivity index (χ1) is 17.1. The molecule has 0 saturated carbocycles. The lowest BCUT2D eigenvalue weighted by molar-refractivity contribution is -0.142. The number of para-hydroxylation sites is 1. The topological polar surface area (TPSA) is 104 Å². The third kappa shape index (κ3) is 5.89. The molecule has 0 spiro atoms. The average molecular weight is 476 g/mol. The monoisotopic (exact) mass is 475 g/mol. The van der Waals surface area contributed by atoms with Crippen LogP contribution in [0.15, 0.2) is 48.5 Å². The molecule has 0 aliphatic heterocycles. The van der Waals surface area contributed by atoms with Gasteiger partial charge in [0.25, 0.3) is 0 Å². The van der Waals surface area contributed by atoms with Gasteiger partial charge in [-0.3, -0.25) is 0 Å². The van der Waals surface area contributed by atoms with Crippen LogP contribution in [0.3, 0.4) is 0 Å². The van der Waals surface area contributed by atoms with Gasteiger partial charge in [0.1, 0.15) is 17.1 Å². The van der Waals surface area contributed by atoms with Gasteiger partial charge in [0.15, 0.2) is 12.4 Å². The van der Waals surface area contributed by atoms with E-state index in [4.69, 9.17) is 15.5 Å². The Morgan fingerprint density at radius 3 is 2.66 bits per heavy atom. The molecule has 0 saturated heterocycles. The van der Waals surface area contributed by atoms with Crippen molar-refractivity contribution in [3.05, 3.63) is 59.9 Å². The minimum Gasteiger partial charge on any atom is -0.482 e. The zero-order chi connectivity index (χ0) is 24.6. The highest BCUT2D eigenvalue weighted by Gasteiger charge is 2.16. The Morgan fingerprint density at radius 2 is 1.89 bits per heavy atom. The summed E-state index contributed by atoms with van der Waals surface area (Å²) in [4.78, 5) is 20.7. The number of nitrogen functional groups attached to an aromatic ring is 1. The van der Waals surface area contributed by atoms with Crippen molar-refractivity contribution in [3.8, 4) is 5.75 Å². The number of pyridine rings is 1. The maximum atomic E-state index is 11.2. The van der Waals surface area contributed by atoms with Crippen molar-refractivity contribution in [2.45, 2.75) is 45.7 Å². The van der Waals surface area contributed by atoms with Crippen LogP contribution in [0.5, 0.6) is 5.75 Å². The summed E-state index contributed by atoms with van der Waals surface area (Å²) >= 11 is 0. The summed E-state index contributed by atoms with van der Waals surface area (Å²) in [5, 5.41) is 4.61. The number of carbonyl (C=O) groups is 1. The van der Waals surface area contributed by atoms with Gasteiger partial charge < -0.3 is 25.1 Å². The molecule has 2 heterocycles. The van der Waals surface area contributed by atoms with Crippen molar-refractivity contribution in [2.75, 3.05) is 26.0 Å². The number of hydrogen-bond acceptors (Lipinski definition) is 7. The van der Waals surface area contributed by atoms with Gasteiger partial charge >= 0.3 is 5.97 Å². The second kappa shape index (κ2) is 11.7. The van der Waals surface area contributed by atoms with Crippen LogP contribution >= 0.6 is 0 Å². The smallest absolute Gasteiger partial charge is 0.343 e. The molecule has 0 amide bonds. The predicted octanol–water partition coefficient (Wildman–Crippen LogP) is 4.24. The number of nitrogens with two attached hydrogens (primary N) is 1.